The average Bonchev–Trinajstić information content (AvgIpc) is 2.77. The predicted octanol–water partition coefficient (Wildman–Crippen LogP) is 0.798. The van der Waals surface area contributed by atoms with E-state index in [4.69, 9.17) is 17.4 Å². The highest BCUT2D eigenvalue weighted by Gasteiger charge is 2.24. The Morgan fingerprint density at radius 1 is 1.43 bits per heavy atom. The lowest BCUT2D eigenvalue weighted by Gasteiger charge is -2.23. The molecule has 0 aromatic rings. The molecule has 76 valence electrons. The normalized spacial score (nSPS) is 35.3. The van der Waals surface area contributed by atoms with Gasteiger partial charge in [-0.05, 0) is 12.5 Å². The van der Waals surface area contributed by atoms with Gasteiger partial charge in [0, 0.05) is 17.1 Å². The van der Waals surface area contributed by atoms with Crippen LogP contribution in [0.4, 0.5) is 0 Å². The van der Waals surface area contributed by atoms with Crippen LogP contribution in [0.1, 0.15) is 6.42 Å². The summed E-state index contributed by atoms with van der Waals surface area (Å²) in [6, 6.07) is 0.670. The summed E-state index contributed by atoms with van der Waals surface area (Å²) in [6.45, 7) is 0. The topological polar surface area (TPSA) is 50.1 Å². The maximum absolute atomic E-state index is 6.01. The highest BCUT2D eigenvalue weighted by Crippen LogP contribution is 2.19. The van der Waals surface area contributed by atoms with E-state index in [-0.39, 0.29) is 18.1 Å². The van der Waals surface area contributed by atoms with Gasteiger partial charge in [0.25, 0.3) is 0 Å². The summed E-state index contributed by atoms with van der Waals surface area (Å²) in [5.74, 6) is 5.44. The van der Waals surface area contributed by atoms with Crippen molar-refractivity contribution in [1.29, 1.82) is 0 Å². The van der Waals surface area contributed by atoms with E-state index >= 15 is 0 Å². The number of nitrogens with two attached hydrogens (primary N) is 1. The van der Waals surface area contributed by atoms with Gasteiger partial charge in [-0.15, -0.1) is 0 Å². The van der Waals surface area contributed by atoms with E-state index in [1.54, 1.807) is 0 Å². The lowest BCUT2D eigenvalue weighted by molar-refractivity contribution is 0.438. The first-order valence-electron chi connectivity index (χ1n) is 4.74. The average molecular weight is 212 g/mol. The van der Waals surface area contributed by atoms with Crippen LogP contribution in [0, 0.1) is 0 Å². The summed E-state index contributed by atoms with van der Waals surface area (Å²) in [7, 11) is 0. The van der Waals surface area contributed by atoms with E-state index in [9.17, 15) is 0 Å². The second-order valence-electron chi connectivity index (χ2n) is 3.54. The van der Waals surface area contributed by atoms with E-state index in [0.29, 0.717) is 0 Å². The van der Waals surface area contributed by atoms with Crippen LogP contribution in [-0.4, -0.2) is 18.1 Å². The van der Waals surface area contributed by atoms with Crippen molar-refractivity contribution in [3.05, 3.63) is 35.4 Å². The van der Waals surface area contributed by atoms with Crippen molar-refractivity contribution in [3.63, 3.8) is 0 Å². The van der Waals surface area contributed by atoms with Gasteiger partial charge in [-0.3, -0.25) is 16.6 Å². The second kappa shape index (κ2) is 4.28. The van der Waals surface area contributed by atoms with E-state index < -0.39 is 0 Å². The number of rotatable bonds is 3. The Morgan fingerprint density at radius 2 is 2.29 bits per heavy atom. The van der Waals surface area contributed by atoms with Crippen molar-refractivity contribution in [2.75, 3.05) is 0 Å². The first-order chi connectivity index (χ1) is 6.81. The molecule has 0 aromatic heterocycles. The van der Waals surface area contributed by atoms with Gasteiger partial charge < -0.3 is 0 Å². The Labute approximate surface area is 88.7 Å². The molecule has 3 nitrogen and oxygen atoms in total. The summed E-state index contributed by atoms with van der Waals surface area (Å²) >= 11 is 6.01. The van der Waals surface area contributed by atoms with Gasteiger partial charge in [-0.25, -0.2) is 0 Å². The minimum Gasteiger partial charge on any atom is -0.298 e. The standard InChI is InChI=1S/C10H14ClN3/c11-7-3-1-4-8(7)13-9-5-2-6-10(9)14-12/h1-5,8-10,13-14H,6,12H2. The summed E-state index contributed by atoms with van der Waals surface area (Å²) in [6.07, 6.45) is 11.1. The molecule has 0 saturated heterocycles. The molecule has 0 spiro atoms. The van der Waals surface area contributed by atoms with Crippen molar-refractivity contribution < 1.29 is 0 Å². The molecular formula is C10H14ClN3. The Bertz CT molecular complexity index is 296. The molecule has 4 heteroatoms. The Hall–Kier alpha value is -0.610. The van der Waals surface area contributed by atoms with Crippen LogP contribution in [0.5, 0.6) is 0 Å². The van der Waals surface area contributed by atoms with E-state index in [2.05, 4.69) is 22.9 Å². The molecular weight excluding hydrogens is 198 g/mol. The molecule has 0 radical (unpaired) electrons. The highest BCUT2D eigenvalue weighted by atomic mass is 35.5. The van der Waals surface area contributed by atoms with Gasteiger partial charge in [-0.2, -0.15) is 0 Å². The molecule has 4 N–H and O–H groups in total. The number of hydrazine groups is 1. The minimum atomic E-state index is 0.139. The van der Waals surface area contributed by atoms with Crippen LogP contribution in [0.15, 0.2) is 35.4 Å². The molecule has 0 saturated carbocycles. The van der Waals surface area contributed by atoms with Gasteiger partial charge in [0.05, 0.1) is 6.04 Å². The molecule has 0 fully saturated rings. The number of halogens is 1. The first kappa shape index (κ1) is 9.93. The molecule has 2 aliphatic carbocycles. The van der Waals surface area contributed by atoms with E-state index in [1.807, 2.05) is 18.2 Å². The minimum absolute atomic E-state index is 0.139. The quantitative estimate of drug-likeness (QED) is 0.368. The van der Waals surface area contributed by atoms with Gasteiger partial charge in [-0.1, -0.05) is 35.9 Å². The SMILES string of the molecule is NNC1CC=CC1NC1C=CC=C1Cl. The van der Waals surface area contributed by atoms with Crippen LogP contribution in [0.2, 0.25) is 0 Å². The second-order valence-corrected chi connectivity index (χ2v) is 3.98. The Morgan fingerprint density at radius 3 is 2.93 bits per heavy atom. The largest absolute Gasteiger partial charge is 0.298 e. The molecule has 0 bridgehead atoms. The van der Waals surface area contributed by atoms with Gasteiger partial charge in [0.15, 0.2) is 0 Å². The van der Waals surface area contributed by atoms with Crippen LogP contribution in [0.3, 0.4) is 0 Å². The third-order valence-corrected chi connectivity index (χ3v) is 2.97. The highest BCUT2D eigenvalue weighted by molar-refractivity contribution is 6.30. The summed E-state index contributed by atoms with van der Waals surface area (Å²) in [4.78, 5) is 0. The summed E-state index contributed by atoms with van der Waals surface area (Å²) < 4.78 is 0. The fraction of sp³-hybridized carbons (Fsp3) is 0.400. The smallest absolute Gasteiger partial charge is 0.0622 e. The van der Waals surface area contributed by atoms with Crippen molar-refractivity contribution in [1.82, 2.24) is 10.7 Å². The number of nitrogens with one attached hydrogen (secondary N) is 2. The predicted molar refractivity (Wildman–Crippen MR) is 58.7 cm³/mol. The maximum Gasteiger partial charge on any atom is 0.0622 e. The van der Waals surface area contributed by atoms with Crippen molar-refractivity contribution in [3.8, 4) is 0 Å². The molecule has 2 aliphatic rings. The molecule has 3 atom stereocenters. The maximum atomic E-state index is 6.01. The molecule has 0 heterocycles. The molecule has 3 unspecified atom stereocenters. The molecule has 0 amide bonds. The van der Waals surface area contributed by atoms with Crippen LogP contribution in [0.25, 0.3) is 0 Å². The molecule has 0 aromatic carbocycles. The van der Waals surface area contributed by atoms with Gasteiger partial charge in [0.2, 0.25) is 0 Å². The summed E-state index contributed by atoms with van der Waals surface area (Å²) in [5.41, 5.74) is 2.79. The van der Waals surface area contributed by atoms with Crippen LogP contribution < -0.4 is 16.6 Å². The van der Waals surface area contributed by atoms with Crippen molar-refractivity contribution >= 4 is 11.6 Å². The zero-order valence-electron chi connectivity index (χ0n) is 7.78. The Balaban J connectivity index is 1.94. The third kappa shape index (κ3) is 1.91. The van der Waals surface area contributed by atoms with Crippen LogP contribution in [-0.2, 0) is 0 Å². The lowest BCUT2D eigenvalue weighted by Crippen LogP contribution is -2.49. The van der Waals surface area contributed by atoms with E-state index in [1.165, 1.54) is 0 Å². The Kier molecular flexibility index (Phi) is 3.03. The third-order valence-electron chi connectivity index (χ3n) is 2.61. The molecule has 0 aliphatic heterocycles. The number of hydrogen-bond donors (Lipinski definition) is 3. The van der Waals surface area contributed by atoms with Crippen LogP contribution >= 0.6 is 11.6 Å². The monoisotopic (exact) mass is 211 g/mol. The lowest BCUT2D eigenvalue weighted by atomic mass is 10.1. The number of allylic oxidation sites excluding steroid dienone is 2. The zero-order valence-corrected chi connectivity index (χ0v) is 8.54. The van der Waals surface area contributed by atoms with Gasteiger partial charge in [0.1, 0.15) is 0 Å². The van der Waals surface area contributed by atoms with Crippen molar-refractivity contribution in [2.24, 2.45) is 5.84 Å². The van der Waals surface area contributed by atoms with Gasteiger partial charge >= 0.3 is 0 Å². The fourth-order valence-corrected chi connectivity index (χ4v) is 2.00. The molecule has 2 rings (SSSR count). The first-order valence-corrected chi connectivity index (χ1v) is 5.12. The zero-order chi connectivity index (χ0) is 9.97. The van der Waals surface area contributed by atoms with E-state index in [0.717, 1.165) is 11.5 Å². The van der Waals surface area contributed by atoms with Crippen molar-refractivity contribution in [2.45, 2.75) is 24.5 Å². The fourth-order valence-electron chi connectivity index (χ4n) is 1.79. The summed E-state index contributed by atoms with van der Waals surface area (Å²) in [5, 5.41) is 4.25. The molecule has 14 heavy (non-hydrogen) atoms. The number of hydrogen-bond acceptors (Lipinski definition) is 3.